The van der Waals surface area contributed by atoms with E-state index in [2.05, 4.69) is 15.6 Å². The number of H-pyrrole nitrogens is 1. The zero-order valence-corrected chi connectivity index (χ0v) is 22.9. The number of nitrogens with zero attached hydrogens (tertiary/aromatic N) is 2. The van der Waals surface area contributed by atoms with E-state index >= 15 is 0 Å². The molecule has 38 heavy (non-hydrogen) atoms. The second kappa shape index (κ2) is 10.2. The summed E-state index contributed by atoms with van der Waals surface area (Å²) in [7, 11) is 1.48. The summed E-state index contributed by atoms with van der Waals surface area (Å²) in [5.74, 6) is -0.526. The van der Waals surface area contributed by atoms with E-state index < -0.39 is 22.6 Å². The van der Waals surface area contributed by atoms with Crippen LogP contribution in [0.25, 0.3) is 16.6 Å². The lowest BCUT2D eigenvalue weighted by Gasteiger charge is -2.19. The van der Waals surface area contributed by atoms with E-state index in [4.69, 9.17) is 0 Å². The van der Waals surface area contributed by atoms with Crippen molar-refractivity contribution in [1.82, 2.24) is 19.4 Å². The van der Waals surface area contributed by atoms with Crippen molar-refractivity contribution in [3.05, 3.63) is 94.2 Å². The molecule has 196 valence electrons. The standard InChI is InChI=1S/C27H25FIN5O4/c1-14-23-22(24(33(2)26(14)37)31-20-10-7-16(29)13-19(20)28)25(36)32-27(38)34(23)18-5-3-4-15(12-18)6-11-21(35)30-17-8-9-17/h3-5,7,10,12-13,17,31H,6,8-9,11H2,1-2H3,(H,30,35)(H,32,36,38). The van der Waals surface area contributed by atoms with Crippen molar-refractivity contribution < 1.29 is 9.18 Å². The highest BCUT2D eigenvalue weighted by atomic mass is 127. The fraction of sp³-hybridized carbons (Fsp3) is 0.259. The minimum atomic E-state index is -0.714. The Bertz CT molecular complexity index is 1770. The summed E-state index contributed by atoms with van der Waals surface area (Å²) in [4.78, 5) is 54.0. The van der Waals surface area contributed by atoms with E-state index in [9.17, 15) is 23.6 Å². The Labute approximate surface area is 229 Å². The third-order valence-corrected chi connectivity index (χ3v) is 7.27. The number of anilines is 2. The molecular weight excluding hydrogens is 604 g/mol. The van der Waals surface area contributed by atoms with Crippen LogP contribution in [0.2, 0.25) is 0 Å². The third-order valence-electron chi connectivity index (χ3n) is 6.60. The van der Waals surface area contributed by atoms with Crippen molar-refractivity contribution in [2.75, 3.05) is 5.32 Å². The molecule has 0 spiro atoms. The zero-order valence-electron chi connectivity index (χ0n) is 20.7. The number of amides is 1. The lowest BCUT2D eigenvalue weighted by Crippen LogP contribution is -2.34. The maximum Gasteiger partial charge on any atom is 0.333 e. The second-order valence-electron chi connectivity index (χ2n) is 9.42. The van der Waals surface area contributed by atoms with Gasteiger partial charge in [-0.15, -0.1) is 0 Å². The molecule has 9 nitrogen and oxygen atoms in total. The van der Waals surface area contributed by atoms with E-state index in [-0.39, 0.29) is 39.9 Å². The minimum absolute atomic E-state index is 0.0255. The molecule has 3 N–H and O–H groups in total. The molecule has 11 heteroatoms. The van der Waals surface area contributed by atoms with Gasteiger partial charge in [-0.2, -0.15) is 0 Å². The van der Waals surface area contributed by atoms with E-state index in [1.807, 2.05) is 28.7 Å². The second-order valence-corrected chi connectivity index (χ2v) is 10.7. The molecule has 5 rings (SSSR count). The van der Waals surface area contributed by atoms with E-state index in [1.165, 1.54) is 28.3 Å². The van der Waals surface area contributed by atoms with Crippen LogP contribution < -0.4 is 27.4 Å². The van der Waals surface area contributed by atoms with E-state index in [1.54, 1.807) is 31.2 Å². The van der Waals surface area contributed by atoms with E-state index in [0.29, 0.717) is 22.1 Å². The third kappa shape index (κ3) is 5.02. The molecule has 0 bridgehead atoms. The number of carbonyl (C=O) groups excluding carboxylic acids is 1. The van der Waals surface area contributed by atoms with Gasteiger partial charge in [0.1, 0.15) is 17.0 Å². The number of fused-ring (bicyclic) bond motifs is 1. The van der Waals surface area contributed by atoms with Crippen molar-refractivity contribution in [3.8, 4) is 5.69 Å². The number of aromatic amines is 1. The first kappa shape index (κ1) is 25.9. The summed E-state index contributed by atoms with van der Waals surface area (Å²) in [5, 5.41) is 5.88. The van der Waals surface area contributed by atoms with Crippen molar-refractivity contribution >= 4 is 50.9 Å². The van der Waals surface area contributed by atoms with E-state index in [0.717, 1.165) is 18.4 Å². The summed E-state index contributed by atoms with van der Waals surface area (Å²) in [5.41, 5.74) is -0.228. The van der Waals surface area contributed by atoms with Gasteiger partial charge in [-0.05, 0) is 84.7 Å². The smallest absolute Gasteiger partial charge is 0.333 e. The Kier molecular flexibility index (Phi) is 6.95. The van der Waals surface area contributed by atoms with Gasteiger partial charge in [0, 0.05) is 28.6 Å². The Morgan fingerprint density at radius 2 is 1.92 bits per heavy atom. The lowest BCUT2D eigenvalue weighted by molar-refractivity contribution is -0.121. The van der Waals surface area contributed by atoms with Crippen LogP contribution in [-0.2, 0) is 18.3 Å². The molecule has 1 aliphatic carbocycles. The summed E-state index contributed by atoms with van der Waals surface area (Å²) >= 11 is 1.98. The molecular formula is C27H25FIN5O4. The number of aryl methyl sites for hydroxylation is 2. The number of aromatic nitrogens is 3. The SMILES string of the molecule is Cc1c(=O)n(C)c(Nc2ccc(I)cc2F)c2c(=O)[nH]c(=O)n(-c3cccc(CCC(=O)NC4CC4)c3)c12. The maximum atomic E-state index is 14.7. The first-order chi connectivity index (χ1) is 18.1. The topological polar surface area (TPSA) is 118 Å². The Hall–Kier alpha value is -3.74. The number of pyridine rings is 1. The fourth-order valence-corrected chi connectivity index (χ4v) is 4.93. The normalized spacial score (nSPS) is 13.1. The molecule has 0 radical (unpaired) electrons. The quantitative estimate of drug-likeness (QED) is 0.271. The van der Waals surface area contributed by atoms with Crippen LogP contribution in [0.15, 0.2) is 56.8 Å². The van der Waals surface area contributed by atoms with Crippen LogP contribution >= 0.6 is 22.6 Å². The highest BCUT2D eigenvalue weighted by molar-refractivity contribution is 14.1. The Morgan fingerprint density at radius 3 is 2.63 bits per heavy atom. The first-order valence-corrected chi connectivity index (χ1v) is 13.2. The lowest BCUT2D eigenvalue weighted by atomic mass is 10.1. The van der Waals surface area contributed by atoms with Crippen molar-refractivity contribution in [3.63, 3.8) is 0 Å². The molecule has 0 unspecified atom stereocenters. The van der Waals surface area contributed by atoms with Gasteiger partial charge >= 0.3 is 5.69 Å². The van der Waals surface area contributed by atoms with Crippen LogP contribution in [0.3, 0.4) is 0 Å². The molecule has 2 heterocycles. The molecule has 1 aliphatic rings. The average molecular weight is 629 g/mol. The van der Waals surface area contributed by atoms with Gasteiger partial charge in [0.05, 0.1) is 16.9 Å². The Morgan fingerprint density at radius 1 is 1.16 bits per heavy atom. The van der Waals surface area contributed by atoms with Gasteiger partial charge in [0.15, 0.2) is 0 Å². The molecule has 1 fully saturated rings. The fourth-order valence-electron chi connectivity index (χ4n) is 4.48. The molecule has 0 aliphatic heterocycles. The molecule has 4 aromatic rings. The van der Waals surface area contributed by atoms with Gasteiger partial charge in [-0.1, -0.05) is 12.1 Å². The molecule has 0 saturated heterocycles. The van der Waals surface area contributed by atoms with Crippen molar-refractivity contribution in [2.45, 2.75) is 38.6 Å². The average Bonchev–Trinajstić information content (AvgIpc) is 3.69. The number of carbonyl (C=O) groups is 1. The molecule has 2 aromatic heterocycles. The molecule has 0 atom stereocenters. The van der Waals surface area contributed by atoms with Gasteiger partial charge in [-0.3, -0.25) is 28.5 Å². The summed E-state index contributed by atoms with van der Waals surface area (Å²) in [6.07, 6.45) is 2.78. The molecule has 1 amide bonds. The zero-order chi connectivity index (χ0) is 27.1. The number of hydrogen-bond acceptors (Lipinski definition) is 5. The first-order valence-electron chi connectivity index (χ1n) is 12.1. The highest BCUT2D eigenvalue weighted by Gasteiger charge is 2.23. The predicted molar refractivity (Wildman–Crippen MR) is 152 cm³/mol. The van der Waals surface area contributed by atoms with Crippen LogP contribution in [0.4, 0.5) is 15.9 Å². The highest BCUT2D eigenvalue weighted by Crippen LogP contribution is 2.27. The van der Waals surface area contributed by atoms with Crippen molar-refractivity contribution in [1.29, 1.82) is 0 Å². The predicted octanol–water partition coefficient (Wildman–Crippen LogP) is 3.38. The molecule has 1 saturated carbocycles. The van der Waals surface area contributed by atoms with Crippen LogP contribution in [-0.4, -0.2) is 26.1 Å². The maximum absolute atomic E-state index is 14.7. The van der Waals surface area contributed by atoms with Gasteiger partial charge in [0.2, 0.25) is 5.91 Å². The number of halogens is 2. The van der Waals surface area contributed by atoms with Crippen molar-refractivity contribution in [2.24, 2.45) is 7.05 Å². The van der Waals surface area contributed by atoms with Crippen LogP contribution in [0, 0.1) is 16.3 Å². The number of nitrogens with one attached hydrogen (secondary N) is 3. The number of hydrogen-bond donors (Lipinski definition) is 3. The van der Waals surface area contributed by atoms with Gasteiger partial charge in [0.25, 0.3) is 11.1 Å². The molecule has 2 aromatic carbocycles. The summed E-state index contributed by atoms with van der Waals surface area (Å²) in [6.45, 7) is 1.54. The largest absolute Gasteiger partial charge is 0.353 e. The minimum Gasteiger partial charge on any atom is -0.353 e. The van der Waals surface area contributed by atoms with Crippen LogP contribution in [0.5, 0.6) is 0 Å². The summed E-state index contributed by atoms with van der Waals surface area (Å²) in [6, 6.07) is 11.9. The number of benzene rings is 2. The summed E-state index contributed by atoms with van der Waals surface area (Å²) < 4.78 is 17.9. The van der Waals surface area contributed by atoms with Gasteiger partial charge in [-0.25, -0.2) is 9.18 Å². The van der Waals surface area contributed by atoms with Crippen LogP contribution in [0.1, 0.15) is 30.4 Å². The Balaban J connectivity index is 1.65. The van der Waals surface area contributed by atoms with Gasteiger partial charge < -0.3 is 10.6 Å². The number of rotatable bonds is 7. The monoisotopic (exact) mass is 629 g/mol.